The number of para-hydroxylation sites is 3. The second-order valence-electron chi connectivity index (χ2n) is 16.0. The Morgan fingerprint density at radius 3 is 1.63 bits per heavy atom. The van der Waals surface area contributed by atoms with Gasteiger partial charge in [-0.2, -0.15) is 0 Å². The molecule has 13 rings (SSSR count). The molecule has 0 radical (unpaired) electrons. The average molecular weight is 806 g/mol. The van der Waals surface area contributed by atoms with E-state index in [0.717, 1.165) is 82.8 Å². The third-order valence-corrected chi connectivity index (χ3v) is 12.4. The molecule has 0 fully saturated rings. The highest BCUT2D eigenvalue weighted by atomic mass is 16.3. The summed E-state index contributed by atoms with van der Waals surface area (Å²) in [6.07, 6.45) is 0. The fourth-order valence-corrected chi connectivity index (χ4v) is 9.58. The molecule has 6 heteroatoms. The van der Waals surface area contributed by atoms with Crippen LogP contribution in [0.25, 0.3) is 122 Å². The first-order chi connectivity index (χ1) is 31.3. The summed E-state index contributed by atoms with van der Waals surface area (Å²) in [4.78, 5) is 15.4. The molecular formula is C57H35N5O. The standard InChI is InChI=1S/C57H35N5O/c1-5-17-36(18-6-1)39-31-32-42-41-25-13-14-28-47(41)62(49(42)35-39)48-29-16-30-50-51(48)45-34-33-44-43-26-15-27-46(52(43)61(53(44)54(45)63-50)40-23-11-4-12-24-40)57-59-55(37-19-7-2-8-20-37)58-56(60-57)38-21-9-3-10-22-38/h1-35H. The largest absolute Gasteiger partial charge is 0.454 e. The topological polar surface area (TPSA) is 61.7 Å². The van der Waals surface area contributed by atoms with Crippen LogP contribution in [-0.2, 0) is 0 Å². The van der Waals surface area contributed by atoms with Crippen molar-refractivity contribution in [2.75, 3.05) is 0 Å². The predicted molar refractivity (Wildman–Crippen MR) is 258 cm³/mol. The zero-order chi connectivity index (χ0) is 41.4. The number of furan rings is 1. The quantitative estimate of drug-likeness (QED) is 0.168. The molecule has 6 nitrogen and oxygen atoms in total. The van der Waals surface area contributed by atoms with Crippen LogP contribution in [-0.4, -0.2) is 24.1 Å². The Balaban J connectivity index is 1.11. The number of fused-ring (bicyclic) bond motifs is 10. The molecule has 0 N–H and O–H groups in total. The maximum absolute atomic E-state index is 7.14. The van der Waals surface area contributed by atoms with Gasteiger partial charge in [-0.1, -0.05) is 164 Å². The van der Waals surface area contributed by atoms with Crippen molar-refractivity contribution in [2.24, 2.45) is 0 Å². The number of hydrogen-bond donors (Lipinski definition) is 0. The van der Waals surface area contributed by atoms with Gasteiger partial charge in [-0.15, -0.1) is 0 Å². The Bertz CT molecular complexity index is 3830. The van der Waals surface area contributed by atoms with E-state index < -0.39 is 0 Å². The van der Waals surface area contributed by atoms with Crippen molar-refractivity contribution in [2.45, 2.75) is 0 Å². The lowest BCUT2D eigenvalue weighted by Gasteiger charge is -2.12. The lowest BCUT2D eigenvalue weighted by Crippen LogP contribution is -2.02. The van der Waals surface area contributed by atoms with Crippen molar-refractivity contribution in [3.8, 4) is 56.7 Å². The van der Waals surface area contributed by atoms with Gasteiger partial charge in [0, 0.05) is 49.3 Å². The van der Waals surface area contributed by atoms with E-state index in [0.29, 0.717) is 17.5 Å². The number of hydrogen-bond acceptors (Lipinski definition) is 4. The van der Waals surface area contributed by atoms with E-state index in [1.54, 1.807) is 0 Å². The minimum Gasteiger partial charge on any atom is -0.454 e. The number of aromatic nitrogens is 5. The molecule has 0 aliphatic heterocycles. The Hall–Kier alpha value is -8.61. The molecule has 4 aromatic heterocycles. The molecule has 0 unspecified atom stereocenters. The molecule has 0 saturated heterocycles. The normalized spacial score (nSPS) is 11.8. The minimum atomic E-state index is 0.595. The van der Waals surface area contributed by atoms with Crippen molar-refractivity contribution in [3.05, 3.63) is 212 Å². The van der Waals surface area contributed by atoms with Gasteiger partial charge in [0.05, 0.1) is 33.1 Å². The summed E-state index contributed by atoms with van der Waals surface area (Å²) in [5.74, 6) is 1.83. The van der Waals surface area contributed by atoms with Crippen LogP contribution >= 0.6 is 0 Å². The summed E-state index contributed by atoms with van der Waals surface area (Å²) in [6.45, 7) is 0. The first-order valence-electron chi connectivity index (χ1n) is 21.2. The van der Waals surface area contributed by atoms with Crippen LogP contribution in [0.4, 0.5) is 0 Å². The van der Waals surface area contributed by atoms with Crippen LogP contribution in [0.1, 0.15) is 0 Å². The first-order valence-corrected chi connectivity index (χ1v) is 21.2. The van der Waals surface area contributed by atoms with Crippen LogP contribution in [0.2, 0.25) is 0 Å². The molecule has 294 valence electrons. The molecule has 0 atom stereocenters. The van der Waals surface area contributed by atoms with Crippen LogP contribution in [0.5, 0.6) is 0 Å². The van der Waals surface area contributed by atoms with Crippen molar-refractivity contribution < 1.29 is 4.42 Å². The summed E-state index contributed by atoms with van der Waals surface area (Å²) in [7, 11) is 0. The first kappa shape index (κ1) is 35.2. The van der Waals surface area contributed by atoms with Crippen molar-refractivity contribution in [1.82, 2.24) is 24.1 Å². The zero-order valence-corrected chi connectivity index (χ0v) is 33.9. The molecular weight excluding hydrogens is 771 g/mol. The molecule has 0 aliphatic rings. The third-order valence-electron chi connectivity index (χ3n) is 12.4. The van der Waals surface area contributed by atoms with E-state index in [1.807, 2.05) is 60.7 Å². The van der Waals surface area contributed by atoms with E-state index in [4.69, 9.17) is 19.4 Å². The molecule has 63 heavy (non-hydrogen) atoms. The van der Waals surface area contributed by atoms with Gasteiger partial charge in [-0.3, -0.25) is 0 Å². The van der Waals surface area contributed by atoms with Gasteiger partial charge in [0.1, 0.15) is 5.58 Å². The summed E-state index contributed by atoms with van der Waals surface area (Å²) in [5.41, 5.74) is 13.1. The van der Waals surface area contributed by atoms with Gasteiger partial charge in [0.15, 0.2) is 23.1 Å². The Morgan fingerprint density at radius 2 is 0.905 bits per heavy atom. The van der Waals surface area contributed by atoms with E-state index in [-0.39, 0.29) is 0 Å². The fourth-order valence-electron chi connectivity index (χ4n) is 9.58. The number of rotatable bonds is 6. The number of nitrogens with zero attached hydrogens (tertiary/aromatic N) is 5. The molecule has 4 heterocycles. The van der Waals surface area contributed by atoms with Crippen LogP contribution < -0.4 is 0 Å². The Labute approximate surface area is 361 Å². The van der Waals surface area contributed by atoms with Crippen LogP contribution in [0, 0.1) is 0 Å². The Morgan fingerprint density at radius 1 is 0.349 bits per heavy atom. The maximum atomic E-state index is 7.14. The van der Waals surface area contributed by atoms with E-state index in [1.165, 1.54) is 21.9 Å². The summed E-state index contributed by atoms with van der Waals surface area (Å²) >= 11 is 0. The van der Waals surface area contributed by atoms with Gasteiger partial charge >= 0.3 is 0 Å². The highest BCUT2D eigenvalue weighted by Crippen LogP contribution is 2.45. The lowest BCUT2D eigenvalue weighted by atomic mass is 10.0. The van der Waals surface area contributed by atoms with Crippen molar-refractivity contribution in [1.29, 1.82) is 0 Å². The molecule has 0 aliphatic carbocycles. The predicted octanol–water partition coefficient (Wildman–Crippen LogP) is 14.6. The summed E-state index contributed by atoms with van der Waals surface area (Å²) in [6, 6.07) is 74.3. The molecule has 0 spiro atoms. The lowest BCUT2D eigenvalue weighted by molar-refractivity contribution is 0.671. The highest BCUT2D eigenvalue weighted by molar-refractivity contribution is 6.24. The minimum absolute atomic E-state index is 0.595. The fraction of sp³-hybridized carbons (Fsp3) is 0. The number of benzene rings is 9. The van der Waals surface area contributed by atoms with Gasteiger partial charge in [-0.25, -0.2) is 15.0 Å². The molecule has 0 amide bonds. The van der Waals surface area contributed by atoms with E-state index in [2.05, 4.69) is 161 Å². The van der Waals surface area contributed by atoms with Gasteiger partial charge < -0.3 is 13.6 Å². The van der Waals surface area contributed by atoms with E-state index in [9.17, 15) is 0 Å². The molecule has 9 aromatic carbocycles. The summed E-state index contributed by atoms with van der Waals surface area (Å²) in [5, 5.41) is 6.67. The Kier molecular flexibility index (Phi) is 7.80. The second-order valence-corrected chi connectivity index (χ2v) is 16.0. The van der Waals surface area contributed by atoms with Gasteiger partial charge in [0.25, 0.3) is 0 Å². The second kappa shape index (κ2) is 14.0. The van der Waals surface area contributed by atoms with Crippen molar-refractivity contribution in [3.63, 3.8) is 0 Å². The highest BCUT2D eigenvalue weighted by Gasteiger charge is 2.25. The molecule has 0 saturated carbocycles. The maximum Gasteiger partial charge on any atom is 0.166 e. The van der Waals surface area contributed by atoms with Crippen LogP contribution in [0.15, 0.2) is 217 Å². The average Bonchev–Trinajstić information content (AvgIpc) is 4.03. The van der Waals surface area contributed by atoms with Gasteiger partial charge in [-0.05, 0) is 59.7 Å². The SMILES string of the molecule is c1ccc(-c2ccc3c4ccccc4n(-c4cccc5oc6c(ccc7c8cccc(-c9nc(-c%10ccccc%10)nc(-c%10ccccc%10)n9)c8n(-c8ccccc8)c76)c45)c3c2)cc1. The third kappa shape index (κ3) is 5.48. The smallest absolute Gasteiger partial charge is 0.166 e. The molecule has 13 aromatic rings. The van der Waals surface area contributed by atoms with Gasteiger partial charge in [0.2, 0.25) is 0 Å². The van der Waals surface area contributed by atoms with Crippen molar-refractivity contribution >= 4 is 65.6 Å². The van der Waals surface area contributed by atoms with Crippen LogP contribution in [0.3, 0.4) is 0 Å². The molecule has 0 bridgehead atoms. The summed E-state index contributed by atoms with van der Waals surface area (Å²) < 4.78 is 11.9. The monoisotopic (exact) mass is 805 g/mol. The van der Waals surface area contributed by atoms with E-state index >= 15 is 0 Å². The zero-order valence-electron chi connectivity index (χ0n) is 33.9.